The molecule has 0 aliphatic rings. The molecule has 2 aromatic carbocycles. The minimum absolute atomic E-state index is 0.0549. The van der Waals surface area contributed by atoms with Crippen LogP contribution in [0.4, 0.5) is 9.80 Å². The Balaban J connectivity index is 1.72. The number of amides is 2. The van der Waals surface area contributed by atoms with Gasteiger partial charge in [-0.3, -0.25) is 14.4 Å². The average Bonchev–Trinajstić information content (AvgIpc) is 3.24. The van der Waals surface area contributed by atoms with Gasteiger partial charge < -0.3 is 20.1 Å². The van der Waals surface area contributed by atoms with E-state index in [0.29, 0.717) is 4.88 Å². The van der Waals surface area contributed by atoms with E-state index in [1.165, 1.54) is 20.1 Å². The SMILES string of the molecule is COC(=O)Cc1cc(C(=O)c2ccccc2Cl)c(NC(=O)C(C)NC(=O)OCc2ccccc2)s1. The lowest BCUT2D eigenvalue weighted by atomic mass is 10.0. The minimum Gasteiger partial charge on any atom is -0.469 e. The van der Waals surface area contributed by atoms with Crippen molar-refractivity contribution in [3.05, 3.63) is 87.3 Å². The number of ketones is 1. The zero-order valence-corrected chi connectivity index (χ0v) is 20.6. The third-order valence-corrected chi connectivity index (χ3v) is 6.25. The van der Waals surface area contributed by atoms with Gasteiger partial charge in [-0.15, -0.1) is 11.3 Å². The molecule has 0 fully saturated rings. The van der Waals surface area contributed by atoms with Crippen LogP contribution in [0, 0.1) is 0 Å². The van der Waals surface area contributed by atoms with Gasteiger partial charge in [-0.1, -0.05) is 54.1 Å². The second-order valence-corrected chi connectivity index (χ2v) is 8.98. The Hall–Kier alpha value is -3.69. The molecule has 10 heteroatoms. The molecule has 0 saturated carbocycles. The molecule has 182 valence electrons. The van der Waals surface area contributed by atoms with Gasteiger partial charge in [0.1, 0.15) is 17.6 Å². The number of hydrogen-bond donors (Lipinski definition) is 2. The van der Waals surface area contributed by atoms with Crippen LogP contribution in [0.15, 0.2) is 60.7 Å². The number of methoxy groups -OCH3 is 1. The molecule has 0 aliphatic heterocycles. The summed E-state index contributed by atoms with van der Waals surface area (Å²) in [6.45, 7) is 1.54. The molecule has 3 aromatic rings. The van der Waals surface area contributed by atoms with E-state index in [1.807, 2.05) is 30.3 Å². The molecule has 8 nitrogen and oxygen atoms in total. The first kappa shape index (κ1) is 25.9. The van der Waals surface area contributed by atoms with Crippen molar-refractivity contribution in [2.24, 2.45) is 0 Å². The Morgan fingerprint density at radius 3 is 2.37 bits per heavy atom. The van der Waals surface area contributed by atoms with Gasteiger partial charge in [-0.2, -0.15) is 0 Å². The molecule has 0 saturated heterocycles. The molecule has 35 heavy (non-hydrogen) atoms. The second kappa shape index (κ2) is 12.1. The lowest BCUT2D eigenvalue weighted by molar-refractivity contribution is -0.139. The summed E-state index contributed by atoms with van der Waals surface area (Å²) in [6.07, 6.45) is -0.833. The summed E-state index contributed by atoms with van der Waals surface area (Å²) in [4.78, 5) is 50.3. The van der Waals surface area contributed by atoms with Gasteiger partial charge in [0, 0.05) is 10.4 Å². The van der Waals surface area contributed by atoms with Crippen LogP contribution in [0.2, 0.25) is 5.02 Å². The highest BCUT2D eigenvalue weighted by Gasteiger charge is 2.24. The lowest BCUT2D eigenvalue weighted by Gasteiger charge is -2.14. The summed E-state index contributed by atoms with van der Waals surface area (Å²) < 4.78 is 9.84. The van der Waals surface area contributed by atoms with Crippen molar-refractivity contribution in [3.63, 3.8) is 0 Å². The van der Waals surface area contributed by atoms with E-state index >= 15 is 0 Å². The van der Waals surface area contributed by atoms with Gasteiger partial charge in [-0.25, -0.2) is 4.79 Å². The van der Waals surface area contributed by atoms with Gasteiger partial charge in [0.15, 0.2) is 5.78 Å². The van der Waals surface area contributed by atoms with Crippen LogP contribution in [0.25, 0.3) is 0 Å². The molecule has 1 unspecified atom stereocenters. The quantitative estimate of drug-likeness (QED) is 0.319. The van der Waals surface area contributed by atoms with Gasteiger partial charge in [-0.05, 0) is 30.7 Å². The summed E-state index contributed by atoms with van der Waals surface area (Å²) in [5.74, 6) is -1.47. The summed E-state index contributed by atoms with van der Waals surface area (Å²) in [6, 6.07) is 16.2. The predicted molar refractivity (Wildman–Crippen MR) is 133 cm³/mol. The highest BCUT2D eigenvalue weighted by atomic mass is 35.5. The fourth-order valence-electron chi connectivity index (χ4n) is 3.02. The van der Waals surface area contributed by atoms with Crippen LogP contribution in [0.5, 0.6) is 0 Å². The van der Waals surface area contributed by atoms with Gasteiger partial charge in [0.25, 0.3) is 0 Å². The van der Waals surface area contributed by atoms with E-state index in [2.05, 4.69) is 10.6 Å². The van der Waals surface area contributed by atoms with Crippen molar-refractivity contribution < 1.29 is 28.7 Å². The number of hydrogen-bond acceptors (Lipinski definition) is 7. The molecule has 0 bridgehead atoms. The number of carbonyl (C=O) groups excluding carboxylic acids is 4. The van der Waals surface area contributed by atoms with Gasteiger partial charge in [0.2, 0.25) is 5.91 Å². The van der Waals surface area contributed by atoms with Crippen molar-refractivity contribution in [2.45, 2.75) is 26.0 Å². The molecule has 2 N–H and O–H groups in total. The Morgan fingerprint density at radius 2 is 1.69 bits per heavy atom. The smallest absolute Gasteiger partial charge is 0.408 e. The fraction of sp³-hybridized carbons (Fsp3) is 0.200. The van der Waals surface area contributed by atoms with E-state index in [4.69, 9.17) is 21.1 Å². The van der Waals surface area contributed by atoms with Crippen LogP contribution >= 0.6 is 22.9 Å². The summed E-state index contributed by atoms with van der Waals surface area (Å²) in [5, 5.41) is 5.61. The third kappa shape index (κ3) is 7.14. The molecular weight excluding hydrogens is 492 g/mol. The number of rotatable bonds is 9. The van der Waals surface area contributed by atoms with Crippen LogP contribution in [-0.2, 0) is 32.1 Å². The predicted octanol–water partition coefficient (Wildman–Crippen LogP) is 4.60. The van der Waals surface area contributed by atoms with E-state index < -0.39 is 29.8 Å². The standard InChI is InChI=1S/C25H23ClN2O6S/c1-15(27-25(32)34-14-16-8-4-3-5-9-16)23(31)28-24-19(12-17(35-24)13-21(29)33-2)22(30)18-10-6-7-11-20(18)26/h3-12,15H,13-14H2,1-2H3,(H,27,32)(H,28,31). The molecule has 0 spiro atoms. The van der Waals surface area contributed by atoms with Gasteiger partial charge >= 0.3 is 12.1 Å². The molecule has 0 aliphatic carbocycles. The number of carbonyl (C=O) groups is 4. The molecule has 2 amide bonds. The van der Waals surface area contributed by atoms with Crippen molar-refractivity contribution in [1.82, 2.24) is 5.32 Å². The van der Waals surface area contributed by atoms with Crippen molar-refractivity contribution in [1.29, 1.82) is 0 Å². The lowest BCUT2D eigenvalue weighted by Crippen LogP contribution is -2.41. The normalized spacial score (nSPS) is 11.3. The Kier molecular flexibility index (Phi) is 8.99. The number of esters is 1. The maximum atomic E-state index is 13.2. The van der Waals surface area contributed by atoms with Crippen molar-refractivity contribution in [3.8, 4) is 0 Å². The number of halogens is 1. The van der Waals surface area contributed by atoms with Crippen molar-refractivity contribution in [2.75, 3.05) is 12.4 Å². The highest BCUT2D eigenvalue weighted by Crippen LogP contribution is 2.32. The number of thiophene rings is 1. The average molecular weight is 515 g/mol. The Bertz CT molecular complexity index is 1230. The number of benzene rings is 2. The minimum atomic E-state index is -0.965. The monoisotopic (exact) mass is 514 g/mol. The fourth-order valence-corrected chi connectivity index (χ4v) is 4.29. The first-order valence-electron chi connectivity index (χ1n) is 10.5. The van der Waals surface area contributed by atoms with Gasteiger partial charge in [0.05, 0.1) is 24.1 Å². The van der Waals surface area contributed by atoms with Crippen LogP contribution in [-0.4, -0.2) is 36.9 Å². The van der Waals surface area contributed by atoms with E-state index in [1.54, 1.807) is 24.3 Å². The number of alkyl carbamates (subject to hydrolysis) is 1. The number of nitrogens with one attached hydrogen (secondary N) is 2. The first-order valence-corrected chi connectivity index (χ1v) is 11.7. The van der Waals surface area contributed by atoms with E-state index in [-0.39, 0.29) is 34.2 Å². The highest BCUT2D eigenvalue weighted by molar-refractivity contribution is 7.16. The molecule has 1 atom stereocenters. The maximum absolute atomic E-state index is 13.2. The van der Waals surface area contributed by atoms with Crippen LogP contribution < -0.4 is 10.6 Å². The molecular formula is C25H23ClN2O6S. The van der Waals surface area contributed by atoms with Crippen LogP contribution in [0.1, 0.15) is 33.3 Å². The third-order valence-electron chi connectivity index (χ3n) is 4.87. The van der Waals surface area contributed by atoms with Crippen LogP contribution in [0.3, 0.4) is 0 Å². The Morgan fingerprint density at radius 1 is 1.00 bits per heavy atom. The first-order chi connectivity index (χ1) is 16.8. The topological polar surface area (TPSA) is 111 Å². The van der Waals surface area contributed by atoms with E-state index in [0.717, 1.165) is 16.9 Å². The summed E-state index contributed by atoms with van der Waals surface area (Å²) in [7, 11) is 1.26. The maximum Gasteiger partial charge on any atom is 0.408 e. The number of ether oxygens (including phenoxy) is 2. The molecule has 1 aromatic heterocycles. The second-order valence-electron chi connectivity index (χ2n) is 7.43. The summed E-state index contributed by atoms with van der Waals surface area (Å²) >= 11 is 7.25. The molecule has 0 radical (unpaired) electrons. The molecule has 1 heterocycles. The summed E-state index contributed by atoms with van der Waals surface area (Å²) in [5.41, 5.74) is 1.23. The molecule has 3 rings (SSSR count). The van der Waals surface area contributed by atoms with E-state index in [9.17, 15) is 19.2 Å². The zero-order chi connectivity index (χ0) is 25.4. The zero-order valence-electron chi connectivity index (χ0n) is 19.0. The van der Waals surface area contributed by atoms with Crippen molar-refractivity contribution >= 4 is 51.7 Å². The Labute approximate surface area is 211 Å². The number of anilines is 1. The largest absolute Gasteiger partial charge is 0.469 e.